The summed E-state index contributed by atoms with van der Waals surface area (Å²) in [5.74, 6) is -1.04. The molecule has 166 valence electrons. The molecule has 32 heavy (non-hydrogen) atoms. The largest absolute Gasteiger partial charge is 0.468 e. The number of nitrogens with zero attached hydrogens (tertiary/aromatic N) is 2. The van der Waals surface area contributed by atoms with Crippen LogP contribution in [0.25, 0.3) is 10.9 Å². The molecule has 0 aliphatic rings. The molecule has 3 rings (SSSR count). The van der Waals surface area contributed by atoms with Crippen LogP contribution in [0.4, 0.5) is 16.2 Å². The Morgan fingerprint density at radius 3 is 2.38 bits per heavy atom. The first-order valence-corrected chi connectivity index (χ1v) is 9.71. The van der Waals surface area contributed by atoms with Gasteiger partial charge in [0.25, 0.3) is 0 Å². The zero-order valence-corrected chi connectivity index (χ0v) is 17.8. The number of ether oxygens (including phenoxy) is 2. The minimum absolute atomic E-state index is 0.00982. The van der Waals surface area contributed by atoms with E-state index < -0.39 is 18.0 Å². The number of urea groups is 1. The second-order valence-electron chi connectivity index (χ2n) is 6.71. The lowest BCUT2D eigenvalue weighted by Gasteiger charge is -2.16. The number of anilines is 2. The Balaban J connectivity index is 1.86. The summed E-state index contributed by atoms with van der Waals surface area (Å²) in [6.45, 7) is 0. The Hall–Kier alpha value is -4.05. The summed E-state index contributed by atoms with van der Waals surface area (Å²) in [5.41, 5.74) is 2.08. The number of methoxy groups -OCH3 is 2. The minimum Gasteiger partial charge on any atom is -0.468 e. The van der Waals surface area contributed by atoms with Crippen molar-refractivity contribution in [2.45, 2.75) is 12.5 Å². The molecule has 0 unspecified atom stereocenters. The molecule has 3 aromatic rings. The predicted octanol–water partition coefficient (Wildman–Crippen LogP) is 2.36. The van der Waals surface area contributed by atoms with E-state index in [0.717, 1.165) is 10.9 Å². The van der Waals surface area contributed by atoms with Crippen LogP contribution in [0.3, 0.4) is 0 Å². The average Bonchev–Trinajstić information content (AvgIpc) is 2.83. The highest BCUT2D eigenvalue weighted by Crippen LogP contribution is 2.26. The summed E-state index contributed by atoms with van der Waals surface area (Å²) in [5, 5.41) is 9.08. The Morgan fingerprint density at radius 2 is 1.66 bits per heavy atom. The van der Waals surface area contributed by atoms with Crippen molar-refractivity contribution in [1.82, 2.24) is 15.3 Å². The Kier molecular flexibility index (Phi) is 7.29. The average molecular weight is 437 g/mol. The molecule has 0 bridgehead atoms. The van der Waals surface area contributed by atoms with Gasteiger partial charge in [-0.1, -0.05) is 12.1 Å². The predicted molar refractivity (Wildman–Crippen MR) is 119 cm³/mol. The number of esters is 2. The van der Waals surface area contributed by atoms with E-state index in [0.29, 0.717) is 17.6 Å². The van der Waals surface area contributed by atoms with Crippen LogP contribution < -0.4 is 16.0 Å². The molecule has 2 aromatic heterocycles. The highest BCUT2D eigenvalue weighted by Gasteiger charge is 2.20. The van der Waals surface area contributed by atoms with Gasteiger partial charge in [-0.3, -0.25) is 9.78 Å². The molecule has 10 heteroatoms. The maximum atomic E-state index is 12.6. The minimum atomic E-state index is -0.665. The van der Waals surface area contributed by atoms with Gasteiger partial charge in [-0.2, -0.15) is 0 Å². The van der Waals surface area contributed by atoms with Crippen molar-refractivity contribution in [2.75, 3.05) is 31.9 Å². The monoisotopic (exact) mass is 437 g/mol. The van der Waals surface area contributed by atoms with Crippen LogP contribution >= 0.6 is 0 Å². The van der Waals surface area contributed by atoms with E-state index in [1.807, 2.05) is 12.1 Å². The summed E-state index contributed by atoms with van der Waals surface area (Å²) in [4.78, 5) is 44.8. The molecule has 2 heterocycles. The molecule has 0 aliphatic heterocycles. The molecular weight excluding hydrogens is 414 g/mol. The number of aromatic nitrogens is 2. The van der Waals surface area contributed by atoms with Crippen molar-refractivity contribution in [3.63, 3.8) is 0 Å². The van der Waals surface area contributed by atoms with Crippen molar-refractivity contribution in [3.8, 4) is 0 Å². The van der Waals surface area contributed by atoms with Crippen LogP contribution in [0.5, 0.6) is 0 Å². The van der Waals surface area contributed by atoms with Crippen LogP contribution in [0.1, 0.15) is 16.1 Å². The zero-order chi connectivity index (χ0) is 23.1. The summed E-state index contributed by atoms with van der Waals surface area (Å²) >= 11 is 0. The first-order chi connectivity index (χ1) is 15.5. The van der Waals surface area contributed by atoms with Crippen LogP contribution in [-0.2, 0) is 20.7 Å². The lowest BCUT2D eigenvalue weighted by Crippen LogP contribution is -2.36. The van der Waals surface area contributed by atoms with Gasteiger partial charge in [-0.15, -0.1) is 0 Å². The number of pyridine rings is 2. The number of carbonyl (C=O) groups excluding carboxylic acids is 3. The highest BCUT2D eigenvalue weighted by molar-refractivity contribution is 6.07. The number of hydrogen-bond donors (Lipinski definition) is 3. The smallest absolute Gasteiger partial charge is 0.358 e. The fourth-order valence-corrected chi connectivity index (χ4v) is 3.22. The quantitative estimate of drug-likeness (QED) is 0.480. The number of carbonyl (C=O) groups is 3. The van der Waals surface area contributed by atoms with Gasteiger partial charge in [0.15, 0.2) is 5.69 Å². The fourth-order valence-electron chi connectivity index (χ4n) is 3.22. The van der Waals surface area contributed by atoms with Gasteiger partial charge in [-0.05, 0) is 43.3 Å². The van der Waals surface area contributed by atoms with Crippen molar-refractivity contribution in [1.29, 1.82) is 0 Å². The lowest BCUT2D eigenvalue weighted by molar-refractivity contribution is -0.142. The summed E-state index contributed by atoms with van der Waals surface area (Å²) in [7, 11) is 4.26. The van der Waals surface area contributed by atoms with Crippen LogP contribution in [0.15, 0.2) is 48.8 Å². The molecule has 0 saturated heterocycles. The number of rotatable bonds is 7. The molecule has 0 fully saturated rings. The van der Waals surface area contributed by atoms with Gasteiger partial charge in [-0.25, -0.2) is 14.6 Å². The van der Waals surface area contributed by atoms with Crippen LogP contribution in [-0.4, -0.2) is 55.2 Å². The van der Waals surface area contributed by atoms with E-state index in [1.54, 1.807) is 37.5 Å². The standard InChI is InChI=1S/C22H23N5O5/c1-23-17(20(28)31-2)12-13-8-9-16(18-14(13)6-4-10-24-18)27-22(30)26-15-7-5-11-25-19(15)21(29)32-3/h4-11,17,23H,12H2,1-3H3,(H2,26,27,30)/t17-/m0/s1. The third-order valence-electron chi connectivity index (χ3n) is 4.80. The van der Waals surface area contributed by atoms with Gasteiger partial charge in [0.05, 0.1) is 31.1 Å². The van der Waals surface area contributed by atoms with Crippen LogP contribution in [0.2, 0.25) is 0 Å². The number of fused-ring (bicyclic) bond motifs is 1. The number of likely N-dealkylation sites (N-methyl/N-ethyl adjacent to an activating group) is 1. The third-order valence-corrected chi connectivity index (χ3v) is 4.80. The van der Waals surface area contributed by atoms with E-state index in [4.69, 9.17) is 9.47 Å². The van der Waals surface area contributed by atoms with E-state index in [9.17, 15) is 14.4 Å². The maximum Gasteiger partial charge on any atom is 0.358 e. The third kappa shape index (κ3) is 4.98. The topological polar surface area (TPSA) is 132 Å². The van der Waals surface area contributed by atoms with Crippen molar-refractivity contribution in [3.05, 3.63) is 60.0 Å². The molecule has 0 saturated carbocycles. The van der Waals surface area contributed by atoms with E-state index in [1.165, 1.54) is 20.4 Å². The second kappa shape index (κ2) is 10.3. The second-order valence-corrected chi connectivity index (χ2v) is 6.71. The number of amides is 2. The van der Waals surface area contributed by atoms with Crippen LogP contribution in [0, 0.1) is 0 Å². The van der Waals surface area contributed by atoms with Crippen molar-refractivity contribution in [2.24, 2.45) is 0 Å². The molecular formula is C22H23N5O5. The van der Waals surface area contributed by atoms with Crippen molar-refractivity contribution >= 4 is 40.2 Å². The number of nitrogens with one attached hydrogen (secondary N) is 3. The Bertz CT molecular complexity index is 1150. The molecule has 10 nitrogen and oxygen atoms in total. The molecule has 0 radical (unpaired) electrons. The van der Waals surface area contributed by atoms with Gasteiger partial charge in [0.2, 0.25) is 0 Å². The summed E-state index contributed by atoms with van der Waals surface area (Å²) < 4.78 is 9.53. The van der Waals surface area contributed by atoms with E-state index in [-0.39, 0.29) is 17.4 Å². The first-order valence-electron chi connectivity index (χ1n) is 9.71. The van der Waals surface area contributed by atoms with Gasteiger partial charge in [0.1, 0.15) is 6.04 Å². The van der Waals surface area contributed by atoms with E-state index in [2.05, 4.69) is 25.9 Å². The zero-order valence-electron chi connectivity index (χ0n) is 17.8. The van der Waals surface area contributed by atoms with Gasteiger partial charge < -0.3 is 25.4 Å². The molecule has 0 spiro atoms. The molecule has 3 N–H and O–H groups in total. The molecule has 1 aromatic carbocycles. The Morgan fingerprint density at radius 1 is 0.938 bits per heavy atom. The molecule has 1 atom stereocenters. The molecule has 0 aliphatic carbocycles. The lowest BCUT2D eigenvalue weighted by atomic mass is 10.00. The fraction of sp³-hybridized carbons (Fsp3) is 0.227. The normalized spacial score (nSPS) is 11.5. The summed E-state index contributed by atoms with van der Waals surface area (Å²) in [6.07, 6.45) is 3.43. The Labute approximate surface area is 184 Å². The summed E-state index contributed by atoms with van der Waals surface area (Å²) in [6, 6.07) is 9.20. The maximum absolute atomic E-state index is 12.6. The van der Waals surface area contributed by atoms with Gasteiger partial charge >= 0.3 is 18.0 Å². The number of hydrogen-bond acceptors (Lipinski definition) is 8. The number of benzene rings is 1. The SMILES string of the molecule is CN[C@@H](Cc1ccc(NC(=O)Nc2cccnc2C(=O)OC)c2ncccc12)C(=O)OC. The highest BCUT2D eigenvalue weighted by atomic mass is 16.5. The van der Waals surface area contributed by atoms with Gasteiger partial charge in [0, 0.05) is 17.8 Å². The first kappa shape index (κ1) is 22.6. The molecule has 2 amide bonds. The van der Waals surface area contributed by atoms with E-state index >= 15 is 0 Å². The van der Waals surface area contributed by atoms with Crippen molar-refractivity contribution < 1.29 is 23.9 Å².